The Labute approximate surface area is 201 Å². The van der Waals surface area contributed by atoms with E-state index < -0.39 is 6.10 Å². The van der Waals surface area contributed by atoms with Gasteiger partial charge >= 0.3 is 0 Å². The zero-order chi connectivity index (χ0) is 23.3. The number of rotatable bonds is 4. The minimum atomic E-state index is -0.462. The largest absolute Gasteiger partial charge is 0.493 e. The molecular weight excluding hydrogens is 426 g/mol. The van der Waals surface area contributed by atoms with Gasteiger partial charge in [-0.05, 0) is 43.7 Å². The molecule has 0 aromatic heterocycles. The van der Waals surface area contributed by atoms with Gasteiger partial charge in [-0.2, -0.15) is 0 Å². The Morgan fingerprint density at radius 1 is 1.12 bits per heavy atom. The maximum absolute atomic E-state index is 13.0. The third-order valence-corrected chi connectivity index (χ3v) is 8.63. The fraction of sp³-hybridized carbons (Fsp3) is 0.483. The second kappa shape index (κ2) is 8.54. The second-order valence-corrected chi connectivity index (χ2v) is 10.4. The normalized spacial score (nSPS) is 32.3. The predicted octanol–water partition coefficient (Wildman–Crippen LogP) is 4.66. The number of carbonyl (C=O) groups is 1. The number of ether oxygens (including phenoxy) is 2. The van der Waals surface area contributed by atoms with E-state index in [4.69, 9.17) is 9.47 Å². The molecule has 1 N–H and O–H groups in total. The van der Waals surface area contributed by atoms with Crippen LogP contribution in [0.5, 0.6) is 11.5 Å². The van der Waals surface area contributed by atoms with Crippen molar-refractivity contribution in [1.29, 1.82) is 0 Å². The van der Waals surface area contributed by atoms with Crippen molar-refractivity contribution in [2.45, 2.75) is 68.7 Å². The summed E-state index contributed by atoms with van der Waals surface area (Å²) < 4.78 is 12.1. The van der Waals surface area contributed by atoms with Crippen LogP contribution in [0.2, 0.25) is 0 Å². The topological polar surface area (TPSA) is 59.0 Å². The Balaban J connectivity index is 1.24. The van der Waals surface area contributed by atoms with Crippen LogP contribution in [-0.4, -0.2) is 47.7 Å². The first-order valence-electron chi connectivity index (χ1n) is 12.7. The van der Waals surface area contributed by atoms with E-state index in [1.165, 1.54) is 11.1 Å². The number of ketones is 1. The first-order valence-corrected chi connectivity index (χ1v) is 12.7. The highest BCUT2D eigenvalue weighted by molar-refractivity contribution is 5.97. The van der Waals surface area contributed by atoms with Crippen molar-refractivity contribution >= 4 is 5.78 Å². The lowest BCUT2D eigenvalue weighted by Gasteiger charge is -2.38. The number of methoxy groups -OCH3 is 1. The number of carbonyl (C=O) groups excluding carboxylic acids is 1. The second-order valence-electron chi connectivity index (χ2n) is 10.4. The van der Waals surface area contributed by atoms with Crippen LogP contribution in [0.4, 0.5) is 0 Å². The molecule has 0 bridgehead atoms. The molecule has 0 amide bonds. The molecule has 6 rings (SSSR count). The van der Waals surface area contributed by atoms with E-state index in [2.05, 4.69) is 17.0 Å². The summed E-state index contributed by atoms with van der Waals surface area (Å²) in [5, 5.41) is 10.3. The van der Waals surface area contributed by atoms with Crippen LogP contribution in [0, 0.1) is 5.92 Å². The van der Waals surface area contributed by atoms with Crippen molar-refractivity contribution < 1.29 is 19.4 Å². The van der Waals surface area contributed by atoms with E-state index in [0.717, 1.165) is 62.3 Å². The summed E-state index contributed by atoms with van der Waals surface area (Å²) in [6, 6.07) is 14.5. The molecule has 3 atom stereocenters. The molecule has 0 radical (unpaired) electrons. The standard InChI is InChI=1S/C29H33NO4/c1-33-24-12-9-21-18-30(16-15-29-14-13-23(31)17-25(29)34-28(24)26(21)29)22-10-7-20(8-11-22)27(32)19-5-3-2-4-6-19/h2-6,9,12-14,20,22-23,25,31H,7-8,10-11,15-18H2,1H3/t20?,22?,23?,25-,29?/m1/s1. The summed E-state index contributed by atoms with van der Waals surface area (Å²) in [6.07, 6.45) is 9.25. The van der Waals surface area contributed by atoms with Crippen molar-refractivity contribution in [3.05, 3.63) is 71.3 Å². The van der Waals surface area contributed by atoms with E-state index in [1.807, 2.05) is 42.5 Å². The van der Waals surface area contributed by atoms with E-state index >= 15 is 0 Å². The van der Waals surface area contributed by atoms with Crippen molar-refractivity contribution in [2.24, 2.45) is 5.92 Å². The smallest absolute Gasteiger partial charge is 0.166 e. The number of hydrogen-bond donors (Lipinski definition) is 1. The molecule has 1 saturated carbocycles. The highest BCUT2D eigenvalue weighted by Crippen LogP contribution is 2.56. The highest BCUT2D eigenvalue weighted by Gasteiger charge is 2.53. The summed E-state index contributed by atoms with van der Waals surface area (Å²) in [5.41, 5.74) is 3.21. The maximum Gasteiger partial charge on any atom is 0.166 e. The van der Waals surface area contributed by atoms with Gasteiger partial charge in [-0.3, -0.25) is 9.69 Å². The van der Waals surface area contributed by atoms with Crippen LogP contribution in [0.25, 0.3) is 0 Å². The predicted molar refractivity (Wildman–Crippen MR) is 130 cm³/mol. The van der Waals surface area contributed by atoms with Gasteiger partial charge in [0.1, 0.15) is 6.10 Å². The zero-order valence-electron chi connectivity index (χ0n) is 19.8. The Morgan fingerprint density at radius 3 is 2.68 bits per heavy atom. The Kier molecular flexibility index (Phi) is 5.50. The molecule has 5 nitrogen and oxygen atoms in total. The lowest BCUT2D eigenvalue weighted by molar-refractivity contribution is 0.0696. The molecule has 34 heavy (non-hydrogen) atoms. The molecule has 2 aliphatic carbocycles. The molecule has 4 aliphatic rings. The molecule has 2 aromatic carbocycles. The molecular formula is C29H33NO4. The summed E-state index contributed by atoms with van der Waals surface area (Å²) in [7, 11) is 1.69. The first kappa shape index (κ1) is 21.9. The SMILES string of the molecule is COc1ccc2c3c1O[C@@H]1CC(O)C=CC31CCN(C1CCC(C(=O)c3ccccc3)CC1)C2. The van der Waals surface area contributed by atoms with E-state index in [-0.39, 0.29) is 17.4 Å². The number of aliphatic hydroxyl groups is 1. The van der Waals surface area contributed by atoms with Crippen molar-refractivity contribution in [2.75, 3.05) is 13.7 Å². The van der Waals surface area contributed by atoms with Crippen LogP contribution in [0.1, 0.15) is 60.0 Å². The van der Waals surface area contributed by atoms with Gasteiger partial charge in [-0.15, -0.1) is 0 Å². The zero-order valence-corrected chi connectivity index (χ0v) is 19.8. The fourth-order valence-corrected chi connectivity index (χ4v) is 6.81. The number of Topliss-reactive ketones (excluding diaryl/α,β-unsaturated/α-hetero) is 1. The van der Waals surface area contributed by atoms with Crippen LogP contribution < -0.4 is 9.47 Å². The molecule has 2 unspecified atom stereocenters. The van der Waals surface area contributed by atoms with Gasteiger partial charge in [-0.25, -0.2) is 0 Å². The quantitative estimate of drug-likeness (QED) is 0.532. The third-order valence-electron chi connectivity index (χ3n) is 8.63. The molecule has 2 heterocycles. The van der Waals surface area contributed by atoms with Crippen LogP contribution >= 0.6 is 0 Å². The first-order chi connectivity index (χ1) is 16.6. The van der Waals surface area contributed by atoms with Gasteiger partial charge in [0.25, 0.3) is 0 Å². The summed E-state index contributed by atoms with van der Waals surface area (Å²) >= 11 is 0. The average Bonchev–Trinajstić information content (AvgIpc) is 3.11. The summed E-state index contributed by atoms with van der Waals surface area (Å²) in [6.45, 7) is 1.88. The van der Waals surface area contributed by atoms with E-state index in [1.54, 1.807) is 7.11 Å². The van der Waals surface area contributed by atoms with Crippen LogP contribution in [0.15, 0.2) is 54.6 Å². The van der Waals surface area contributed by atoms with Crippen molar-refractivity contribution in [3.63, 3.8) is 0 Å². The summed E-state index contributed by atoms with van der Waals surface area (Å²) in [5.74, 6) is 2.09. The van der Waals surface area contributed by atoms with E-state index in [9.17, 15) is 9.90 Å². The third kappa shape index (κ3) is 3.48. The Morgan fingerprint density at radius 2 is 1.91 bits per heavy atom. The number of benzene rings is 2. The minimum Gasteiger partial charge on any atom is -0.493 e. The van der Waals surface area contributed by atoms with Gasteiger partial charge in [0, 0.05) is 42.6 Å². The monoisotopic (exact) mass is 459 g/mol. The van der Waals surface area contributed by atoms with Gasteiger partial charge < -0.3 is 14.6 Å². The minimum absolute atomic E-state index is 0.0586. The Bertz CT molecular complexity index is 1100. The number of aliphatic hydroxyl groups excluding tert-OH is 1. The Hall–Kier alpha value is -2.63. The highest BCUT2D eigenvalue weighted by atomic mass is 16.5. The van der Waals surface area contributed by atoms with Gasteiger partial charge in [0.2, 0.25) is 0 Å². The molecule has 2 aromatic rings. The molecule has 178 valence electrons. The lowest BCUT2D eigenvalue weighted by Crippen LogP contribution is -2.44. The molecule has 0 saturated heterocycles. The lowest BCUT2D eigenvalue weighted by atomic mass is 9.69. The van der Waals surface area contributed by atoms with Gasteiger partial charge in [0.15, 0.2) is 17.3 Å². The van der Waals surface area contributed by atoms with Gasteiger partial charge in [-0.1, -0.05) is 48.6 Å². The van der Waals surface area contributed by atoms with E-state index in [0.29, 0.717) is 18.2 Å². The maximum atomic E-state index is 13.0. The molecule has 1 spiro atoms. The average molecular weight is 460 g/mol. The molecule has 1 fully saturated rings. The van der Waals surface area contributed by atoms with Crippen molar-refractivity contribution in [3.8, 4) is 11.5 Å². The van der Waals surface area contributed by atoms with Crippen molar-refractivity contribution in [1.82, 2.24) is 4.90 Å². The summed E-state index contributed by atoms with van der Waals surface area (Å²) in [4.78, 5) is 15.6. The fourth-order valence-electron chi connectivity index (χ4n) is 6.81. The van der Waals surface area contributed by atoms with Crippen LogP contribution in [-0.2, 0) is 12.0 Å². The van der Waals surface area contributed by atoms with Gasteiger partial charge in [0.05, 0.1) is 18.6 Å². The molecule has 5 heteroatoms. The number of hydrogen-bond acceptors (Lipinski definition) is 5. The molecule has 2 aliphatic heterocycles. The van der Waals surface area contributed by atoms with Crippen LogP contribution in [0.3, 0.4) is 0 Å². The number of nitrogens with zero attached hydrogens (tertiary/aromatic N) is 1.